The van der Waals surface area contributed by atoms with Gasteiger partial charge in [-0.15, -0.1) is 12.4 Å². The van der Waals surface area contributed by atoms with Crippen LogP contribution in [0.15, 0.2) is 12.1 Å². The molecule has 2 fully saturated rings. The first-order valence-corrected chi connectivity index (χ1v) is 10.8. The molecule has 5 heteroatoms. The average molecular weight is 423 g/mol. The maximum Gasteiger partial charge on any atom is 0.222 e. The third-order valence-electron chi connectivity index (χ3n) is 6.68. The van der Waals surface area contributed by atoms with Crippen LogP contribution in [0.5, 0.6) is 5.75 Å². The molecule has 1 aliphatic carbocycles. The molecule has 1 aromatic rings. The van der Waals surface area contributed by atoms with Gasteiger partial charge >= 0.3 is 0 Å². The van der Waals surface area contributed by atoms with Crippen molar-refractivity contribution < 1.29 is 9.90 Å². The van der Waals surface area contributed by atoms with Gasteiger partial charge in [0.25, 0.3) is 0 Å². The van der Waals surface area contributed by atoms with E-state index in [1.165, 1.54) is 0 Å². The number of aryl methyl sites for hydroxylation is 1. The SMILES string of the molecule is CC(C)(C)c1cc(CCC(=O)N2CC3CCC(N)C3C2)cc(C(C)(C)C)c1O.Cl. The largest absolute Gasteiger partial charge is 0.507 e. The van der Waals surface area contributed by atoms with Crippen LogP contribution < -0.4 is 5.73 Å². The fourth-order valence-corrected chi connectivity index (χ4v) is 4.90. The molecule has 1 saturated carbocycles. The van der Waals surface area contributed by atoms with Gasteiger partial charge in [0.15, 0.2) is 0 Å². The van der Waals surface area contributed by atoms with Crippen molar-refractivity contribution in [2.75, 3.05) is 13.1 Å². The van der Waals surface area contributed by atoms with Crippen LogP contribution in [0.25, 0.3) is 0 Å². The van der Waals surface area contributed by atoms with Gasteiger partial charge in [0.1, 0.15) is 5.75 Å². The lowest BCUT2D eigenvalue weighted by Crippen LogP contribution is -2.33. The van der Waals surface area contributed by atoms with Gasteiger partial charge in [-0.1, -0.05) is 53.7 Å². The topological polar surface area (TPSA) is 66.6 Å². The number of hydrogen-bond acceptors (Lipinski definition) is 3. The van der Waals surface area contributed by atoms with E-state index in [1.807, 2.05) is 4.90 Å². The molecule has 29 heavy (non-hydrogen) atoms. The Morgan fingerprint density at radius 3 is 2.10 bits per heavy atom. The maximum absolute atomic E-state index is 12.8. The quantitative estimate of drug-likeness (QED) is 0.751. The number of rotatable bonds is 3. The summed E-state index contributed by atoms with van der Waals surface area (Å²) >= 11 is 0. The zero-order valence-corrected chi connectivity index (χ0v) is 19.7. The van der Waals surface area contributed by atoms with Crippen LogP contribution in [-0.4, -0.2) is 35.0 Å². The van der Waals surface area contributed by atoms with E-state index in [0.29, 0.717) is 30.4 Å². The van der Waals surface area contributed by atoms with Gasteiger partial charge in [-0.05, 0) is 58.6 Å². The molecule has 1 aliphatic heterocycles. The number of fused-ring (bicyclic) bond motifs is 1. The lowest BCUT2D eigenvalue weighted by atomic mass is 9.78. The van der Waals surface area contributed by atoms with Crippen molar-refractivity contribution in [3.63, 3.8) is 0 Å². The smallest absolute Gasteiger partial charge is 0.222 e. The molecule has 3 atom stereocenters. The summed E-state index contributed by atoms with van der Waals surface area (Å²) in [7, 11) is 0. The van der Waals surface area contributed by atoms with Gasteiger partial charge in [-0.2, -0.15) is 0 Å². The lowest BCUT2D eigenvalue weighted by Gasteiger charge is -2.28. The Bertz CT molecular complexity index is 713. The van der Waals surface area contributed by atoms with Gasteiger partial charge in [-0.25, -0.2) is 0 Å². The van der Waals surface area contributed by atoms with Crippen molar-refractivity contribution in [3.8, 4) is 5.75 Å². The second kappa shape index (κ2) is 8.47. The number of nitrogens with two attached hydrogens (primary N) is 1. The lowest BCUT2D eigenvalue weighted by molar-refractivity contribution is -0.130. The van der Waals surface area contributed by atoms with Crippen LogP contribution in [0.4, 0.5) is 0 Å². The van der Waals surface area contributed by atoms with E-state index in [9.17, 15) is 9.90 Å². The zero-order valence-electron chi connectivity index (χ0n) is 18.9. The van der Waals surface area contributed by atoms with E-state index in [0.717, 1.165) is 42.6 Å². The van der Waals surface area contributed by atoms with Gasteiger partial charge in [-0.3, -0.25) is 4.79 Å². The molecule has 164 valence electrons. The van der Waals surface area contributed by atoms with E-state index in [-0.39, 0.29) is 35.2 Å². The summed E-state index contributed by atoms with van der Waals surface area (Å²) in [5, 5.41) is 10.9. The minimum absolute atomic E-state index is 0. The highest BCUT2D eigenvalue weighted by Gasteiger charge is 2.42. The summed E-state index contributed by atoms with van der Waals surface area (Å²) in [5.74, 6) is 1.74. The van der Waals surface area contributed by atoms with E-state index < -0.39 is 0 Å². The summed E-state index contributed by atoms with van der Waals surface area (Å²) in [6, 6.07) is 4.45. The van der Waals surface area contributed by atoms with Crippen molar-refractivity contribution in [3.05, 3.63) is 28.8 Å². The standard InChI is InChI=1S/C24H38N2O2.ClH/c1-23(2,3)18-11-15(12-19(22(18)28)24(4,5)6)7-10-21(27)26-13-16-8-9-20(25)17(16)14-26;/h11-12,16-17,20,28H,7-10,13-14,25H2,1-6H3;1H. The molecule has 2 aliphatic rings. The summed E-state index contributed by atoms with van der Waals surface area (Å²) in [4.78, 5) is 14.9. The molecule has 4 nitrogen and oxygen atoms in total. The van der Waals surface area contributed by atoms with E-state index in [2.05, 4.69) is 53.7 Å². The first-order valence-electron chi connectivity index (χ1n) is 10.8. The highest BCUT2D eigenvalue weighted by atomic mass is 35.5. The molecule has 3 rings (SSSR count). The van der Waals surface area contributed by atoms with E-state index >= 15 is 0 Å². The number of phenolic OH excluding ortho intramolecular Hbond substituents is 1. The van der Waals surface area contributed by atoms with E-state index in [1.54, 1.807) is 0 Å². The highest BCUT2D eigenvalue weighted by Crippen LogP contribution is 2.40. The molecule has 1 amide bonds. The predicted molar refractivity (Wildman–Crippen MR) is 122 cm³/mol. The Balaban J connectivity index is 0.00000300. The number of nitrogens with zero attached hydrogens (tertiary/aromatic N) is 1. The van der Waals surface area contributed by atoms with Crippen LogP contribution >= 0.6 is 12.4 Å². The first kappa shape index (κ1) is 24.0. The predicted octanol–water partition coefficient (Wildman–Crippen LogP) is 4.54. The van der Waals surface area contributed by atoms with Crippen LogP contribution in [0.2, 0.25) is 0 Å². The molecule has 1 heterocycles. The molecule has 1 saturated heterocycles. The fraction of sp³-hybridized carbons (Fsp3) is 0.708. The molecule has 3 N–H and O–H groups in total. The van der Waals surface area contributed by atoms with Crippen molar-refractivity contribution in [2.45, 2.75) is 84.1 Å². The number of benzene rings is 1. The van der Waals surface area contributed by atoms with Gasteiger partial charge in [0.05, 0.1) is 0 Å². The highest BCUT2D eigenvalue weighted by molar-refractivity contribution is 5.85. The van der Waals surface area contributed by atoms with Crippen molar-refractivity contribution in [1.29, 1.82) is 0 Å². The third kappa shape index (κ3) is 5.08. The normalized spacial score (nSPS) is 24.4. The molecule has 0 spiro atoms. The van der Waals surface area contributed by atoms with Crippen LogP contribution in [0, 0.1) is 11.8 Å². The Kier molecular flexibility index (Phi) is 7.01. The monoisotopic (exact) mass is 422 g/mol. The molecule has 0 bridgehead atoms. The van der Waals surface area contributed by atoms with Gasteiger partial charge < -0.3 is 15.7 Å². The Morgan fingerprint density at radius 1 is 1.07 bits per heavy atom. The van der Waals surface area contributed by atoms with Crippen molar-refractivity contribution in [2.24, 2.45) is 17.6 Å². The Hall–Kier alpha value is -1.26. The third-order valence-corrected chi connectivity index (χ3v) is 6.68. The Labute approximate surface area is 182 Å². The second-order valence-corrected chi connectivity index (χ2v) is 11.0. The van der Waals surface area contributed by atoms with Gasteiger partial charge in [0, 0.05) is 25.6 Å². The number of phenols is 1. The average Bonchev–Trinajstić information content (AvgIpc) is 3.14. The number of hydrogen-bond donors (Lipinski definition) is 2. The fourth-order valence-electron chi connectivity index (χ4n) is 4.90. The molecule has 1 aromatic carbocycles. The maximum atomic E-state index is 12.8. The summed E-state index contributed by atoms with van der Waals surface area (Å²) < 4.78 is 0. The molecule has 0 radical (unpaired) electrons. The number of halogens is 1. The zero-order chi connectivity index (χ0) is 20.9. The van der Waals surface area contributed by atoms with Crippen LogP contribution in [-0.2, 0) is 22.0 Å². The summed E-state index contributed by atoms with van der Waals surface area (Å²) in [6.45, 7) is 14.4. The number of carbonyl (C=O) groups is 1. The first-order chi connectivity index (χ1) is 12.9. The van der Waals surface area contributed by atoms with Crippen molar-refractivity contribution in [1.82, 2.24) is 4.90 Å². The number of aromatic hydroxyl groups is 1. The van der Waals surface area contributed by atoms with Gasteiger partial charge in [0.2, 0.25) is 5.91 Å². The molecule has 0 aromatic heterocycles. The number of carbonyl (C=O) groups excluding carboxylic acids is 1. The number of amides is 1. The van der Waals surface area contributed by atoms with Crippen LogP contribution in [0.3, 0.4) is 0 Å². The summed E-state index contributed by atoms with van der Waals surface area (Å²) in [5.41, 5.74) is 8.98. The molecule has 3 unspecified atom stereocenters. The minimum atomic E-state index is -0.146. The van der Waals surface area contributed by atoms with E-state index in [4.69, 9.17) is 5.73 Å². The minimum Gasteiger partial charge on any atom is -0.507 e. The molecular formula is C24H39ClN2O2. The van der Waals surface area contributed by atoms with Crippen molar-refractivity contribution >= 4 is 18.3 Å². The number of likely N-dealkylation sites (tertiary alicyclic amines) is 1. The Morgan fingerprint density at radius 2 is 1.62 bits per heavy atom. The summed E-state index contributed by atoms with van der Waals surface area (Å²) in [6.07, 6.45) is 3.50. The second-order valence-electron chi connectivity index (χ2n) is 11.0. The molecular weight excluding hydrogens is 384 g/mol. The van der Waals surface area contributed by atoms with Crippen LogP contribution in [0.1, 0.15) is 77.5 Å².